The van der Waals surface area contributed by atoms with Gasteiger partial charge in [0.2, 0.25) is 5.43 Å². The van der Waals surface area contributed by atoms with E-state index in [2.05, 4.69) is 10.2 Å². The van der Waals surface area contributed by atoms with Crippen LogP contribution in [0.15, 0.2) is 29.2 Å². The second kappa shape index (κ2) is 8.20. The van der Waals surface area contributed by atoms with Crippen molar-refractivity contribution in [2.75, 3.05) is 44.9 Å². The van der Waals surface area contributed by atoms with Crippen molar-refractivity contribution in [3.05, 3.63) is 62.3 Å². The maximum atomic E-state index is 14.1. The number of benzene rings is 1. The van der Waals surface area contributed by atoms with Crippen molar-refractivity contribution in [2.45, 2.75) is 6.54 Å². The molecule has 11 heteroatoms. The average Bonchev–Trinajstić information content (AvgIpc) is 2.73. The van der Waals surface area contributed by atoms with Gasteiger partial charge in [-0.3, -0.25) is 24.1 Å². The largest absolute Gasteiger partial charge is 0.502 e. The van der Waals surface area contributed by atoms with Gasteiger partial charge in [0.1, 0.15) is 18.0 Å². The molecular weight excluding hydrogens is 429 g/mol. The van der Waals surface area contributed by atoms with Crippen molar-refractivity contribution >= 4 is 23.4 Å². The van der Waals surface area contributed by atoms with Crippen LogP contribution in [0, 0.1) is 5.82 Å². The molecule has 1 saturated heterocycles. The van der Waals surface area contributed by atoms with Gasteiger partial charge in [-0.1, -0.05) is 23.7 Å². The average molecular weight is 450 g/mol. The van der Waals surface area contributed by atoms with Crippen molar-refractivity contribution in [1.82, 2.24) is 19.8 Å². The summed E-state index contributed by atoms with van der Waals surface area (Å²) >= 11 is 5.75. The first-order valence-electron chi connectivity index (χ1n) is 9.70. The summed E-state index contributed by atoms with van der Waals surface area (Å²) in [6.07, 6.45) is 1.25. The van der Waals surface area contributed by atoms with Gasteiger partial charge in [0.25, 0.3) is 11.8 Å². The summed E-state index contributed by atoms with van der Waals surface area (Å²) in [5, 5.41) is 14.7. The molecule has 164 valence electrons. The molecule has 2 aliphatic heterocycles. The first-order valence-corrected chi connectivity index (χ1v) is 10.1. The number of aromatic nitrogens is 1. The number of likely N-dealkylation sites (N-methyl/N-ethyl adjacent to an activating group) is 1. The van der Waals surface area contributed by atoms with Crippen LogP contribution in [0.4, 0.5) is 4.39 Å². The molecule has 1 fully saturated rings. The van der Waals surface area contributed by atoms with E-state index in [1.807, 2.05) is 7.05 Å². The van der Waals surface area contributed by atoms with E-state index in [-0.39, 0.29) is 35.1 Å². The summed E-state index contributed by atoms with van der Waals surface area (Å²) < 4.78 is 15.4. The molecule has 3 heterocycles. The lowest BCUT2D eigenvalue weighted by molar-refractivity contribution is 0.0644. The summed E-state index contributed by atoms with van der Waals surface area (Å²) in [5.74, 6) is -2.72. The zero-order valence-corrected chi connectivity index (χ0v) is 17.5. The van der Waals surface area contributed by atoms with Gasteiger partial charge in [-0.2, -0.15) is 0 Å². The highest BCUT2D eigenvalue weighted by molar-refractivity contribution is 6.30. The lowest BCUT2D eigenvalue weighted by Crippen LogP contribution is -2.59. The Morgan fingerprint density at radius 3 is 2.74 bits per heavy atom. The van der Waals surface area contributed by atoms with Crippen molar-refractivity contribution < 1.29 is 19.1 Å². The van der Waals surface area contributed by atoms with Crippen LogP contribution in [0.1, 0.15) is 26.4 Å². The summed E-state index contributed by atoms with van der Waals surface area (Å²) in [6, 6.07) is 4.39. The molecule has 1 aromatic carbocycles. The van der Waals surface area contributed by atoms with E-state index in [9.17, 15) is 23.9 Å². The van der Waals surface area contributed by atoms with E-state index in [4.69, 9.17) is 11.6 Å². The predicted octanol–water partition coefficient (Wildman–Crippen LogP) is 0.573. The molecule has 9 nitrogen and oxygen atoms in total. The molecule has 1 aromatic heterocycles. The van der Waals surface area contributed by atoms with Crippen molar-refractivity contribution in [1.29, 1.82) is 0 Å². The predicted molar refractivity (Wildman–Crippen MR) is 111 cm³/mol. The fourth-order valence-corrected chi connectivity index (χ4v) is 3.84. The van der Waals surface area contributed by atoms with Gasteiger partial charge in [-0.25, -0.2) is 4.39 Å². The smallest absolute Gasteiger partial charge is 0.277 e. The second-order valence-corrected chi connectivity index (χ2v) is 7.96. The number of nitrogens with zero attached hydrogens (tertiary/aromatic N) is 4. The SMILES string of the molecule is CN1CCN2CN(CC1)n1cc(C(=O)NCc3cccc(Cl)c3F)c(=O)c(O)c1C2=O. The molecule has 0 spiro atoms. The van der Waals surface area contributed by atoms with E-state index in [0.717, 1.165) is 0 Å². The van der Waals surface area contributed by atoms with Gasteiger partial charge in [-0.05, 0) is 13.1 Å². The first-order chi connectivity index (χ1) is 14.8. The summed E-state index contributed by atoms with van der Waals surface area (Å²) in [6.45, 7) is 2.41. The molecule has 2 amide bonds. The van der Waals surface area contributed by atoms with Crippen molar-refractivity contribution in [3.63, 3.8) is 0 Å². The number of halogens is 2. The first kappa shape index (κ1) is 21.1. The Hall–Kier alpha value is -3.11. The van der Waals surface area contributed by atoms with Crippen LogP contribution < -0.4 is 15.8 Å². The molecule has 4 rings (SSSR count). The normalized spacial score (nSPS) is 16.5. The third kappa shape index (κ3) is 3.84. The number of rotatable bonds is 3. The molecule has 31 heavy (non-hydrogen) atoms. The van der Waals surface area contributed by atoms with E-state index >= 15 is 0 Å². The van der Waals surface area contributed by atoms with Crippen LogP contribution in [-0.2, 0) is 6.54 Å². The topological polar surface area (TPSA) is 98.1 Å². The molecule has 0 atom stereocenters. The Balaban J connectivity index is 1.66. The van der Waals surface area contributed by atoms with Crippen LogP contribution in [-0.4, -0.2) is 71.3 Å². The standard InChI is InChI=1S/C20H21ClFN5O4/c1-24-5-7-25-11-26(8-6-24)27-10-13(17(28)18(29)16(27)20(25)31)19(30)23-9-12-3-2-4-14(21)15(12)22/h2-4,10,29H,5-9,11H2,1H3,(H,23,30). The number of carbonyl (C=O) groups excluding carboxylic acids is 2. The third-order valence-corrected chi connectivity index (χ3v) is 5.79. The monoisotopic (exact) mass is 449 g/mol. The highest BCUT2D eigenvalue weighted by atomic mass is 35.5. The maximum absolute atomic E-state index is 14.1. The highest BCUT2D eigenvalue weighted by Crippen LogP contribution is 2.22. The van der Waals surface area contributed by atoms with Gasteiger partial charge in [0.15, 0.2) is 11.4 Å². The lowest BCUT2D eigenvalue weighted by Gasteiger charge is -2.42. The molecule has 0 aliphatic carbocycles. The number of hydrogen-bond donors (Lipinski definition) is 2. The summed E-state index contributed by atoms with van der Waals surface area (Å²) in [5.41, 5.74) is -1.32. The van der Waals surface area contributed by atoms with Crippen molar-refractivity contribution in [3.8, 4) is 5.75 Å². The molecular formula is C20H21ClFN5O4. The maximum Gasteiger partial charge on any atom is 0.277 e. The summed E-state index contributed by atoms with van der Waals surface area (Å²) in [4.78, 5) is 41.8. The number of aromatic hydroxyl groups is 1. The Morgan fingerprint density at radius 1 is 1.23 bits per heavy atom. The molecule has 2 aliphatic rings. The minimum Gasteiger partial charge on any atom is -0.502 e. The Morgan fingerprint density at radius 2 is 1.97 bits per heavy atom. The Kier molecular flexibility index (Phi) is 5.59. The Labute approximate surface area is 182 Å². The van der Waals surface area contributed by atoms with Crippen LogP contribution in [0.3, 0.4) is 0 Å². The number of carbonyl (C=O) groups is 2. The van der Waals surface area contributed by atoms with Gasteiger partial charge >= 0.3 is 0 Å². The highest BCUT2D eigenvalue weighted by Gasteiger charge is 2.35. The molecule has 0 radical (unpaired) electrons. The van der Waals surface area contributed by atoms with Crippen molar-refractivity contribution in [2.24, 2.45) is 0 Å². The van der Waals surface area contributed by atoms with E-state index in [0.29, 0.717) is 26.2 Å². The molecule has 2 N–H and O–H groups in total. The van der Waals surface area contributed by atoms with Gasteiger partial charge < -0.3 is 20.2 Å². The van der Waals surface area contributed by atoms with Crippen LogP contribution in [0.2, 0.25) is 5.02 Å². The fraction of sp³-hybridized carbons (Fsp3) is 0.350. The number of pyridine rings is 1. The van der Waals surface area contributed by atoms with E-state index < -0.39 is 28.8 Å². The minimum atomic E-state index is -0.959. The minimum absolute atomic E-state index is 0.0802. The zero-order valence-electron chi connectivity index (χ0n) is 16.8. The fourth-order valence-electron chi connectivity index (χ4n) is 3.65. The molecule has 2 bridgehead atoms. The van der Waals surface area contributed by atoms with Crippen LogP contribution >= 0.6 is 11.6 Å². The zero-order chi connectivity index (χ0) is 22.3. The van der Waals surface area contributed by atoms with Gasteiger partial charge in [0, 0.05) is 44.5 Å². The number of nitrogens with one attached hydrogen (secondary N) is 1. The summed E-state index contributed by atoms with van der Waals surface area (Å²) in [7, 11) is 1.94. The van der Waals surface area contributed by atoms with E-state index in [1.54, 1.807) is 16.0 Å². The molecule has 0 saturated carbocycles. The van der Waals surface area contributed by atoms with Crippen LogP contribution in [0.25, 0.3) is 0 Å². The number of amides is 2. The second-order valence-electron chi connectivity index (χ2n) is 7.55. The number of fused-ring (bicyclic) bond motifs is 4. The van der Waals surface area contributed by atoms with Gasteiger partial charge in [0.05, 0.1) is 5.02 Å². The lowest BCUT2D eigenvalue weighted by atomic mass is 10.1. The molecule has 2 aromatic rings. The molecule has 0 unspecified atom stereocenters. The quantitative estimate of drug-likeness (QED) is 0.711. The van der Waals surface area contributed by atoms with Gasteiger partial charge in [-0.15, -0.1) is 0 Å². The van der Waals surface area contributed by atoms with E-state index in [1.165, 1.54) is 23.0 Å². The van der Waals surface area contributed by atoms with Crippen LogP contribution in [0.5, 0.6) is 5.75 Å². The number of hydrogen-bond acceptors (Lipinski definition) is 6. The Bertz CT molecular complexity index is 1120. The third-order valence-electron chi connectivity index (χ3n) is 5.50.